The fourth-order valence-electron chi connectivity index (χ4n) is 1.74. The Hall–Kier alpha value is -1.14. The van der Waals surface area contributed by atoms with E-state index in [1.54, 1.807) is 12.1 Å². The van der Waals surface area contributed by atoms with Crippen molar-refractivity contribution in [3.8, 4) is 0 Å². The minimum atomic E-state index is -3.40. The number of aromatic nitrogens is 1. The summed E-state index contributed by atoms with van der Waals surface area (Å²) in [5.74, 6) is 1.39. The van der Waals surface area contributed by atoms with Crippen molar-refractivity contribution in [2.75, 3.05) is 19.4 Å². The van der Waals surface area contributed by atoms with Gasteiger partial charge in [0.05, 0.1) is 0 Å². The second-order valence-corrected chi connectivity index (χ2v) is 7.83. The number of anilines is 1. The molecule has 0 radical (unpaired) electrons. The van der Waals surface area contributed by atoms with E-state index in [0.717, 1.165) is 12.8 Å². The third-order valence-electron chi connectivity index (χ3n) is 3.09. The number of hydrogen-bond acceptors (Lipinski definition) is 4. The molecule has 1 atom stereocenters. The zero-order valence-corrected chi connectivity index (χ0v) is 13.7. The average Bonchev–Trinajstić information content (AvgIpc) is 2.37. The van der Waals surface area contributed by atoms with Crippen molar-refractivity contribution in [3.63, 3.8) is 0 Å². The minimum absolute atomic E-state index is 0.211. The lowest BCUT2D eigenvalue weighted by atomic mass is 10.0. The number of hydrogen-bond donors (Lipinski definition) is 1. The standard InChI is InChI=1S/C14H25N3O2S/c1-11(2)6-7-12(3)16-14-9-8-13(10-15-14)20(18,19)17(4)5/h8-12H,6-7H2,1-5H3,(H,15,16). The fraction of sp³-hybridized carbons (Fsp3) is 0.643. The largest absolute Gasteiger partial charge is 0.368 e. The van der Waals surface area contributed by atoms with Crippen LogP contribution in [0.25, 0.3) is 0 Å². The highest BCUT2D eigenvalue weighted by molar-refractivity contribution is 7.89. The molecule has 0 spiro atoms. The summed E-state index contributed by atoms with van der Waals surface area (Å²) in [5, 5.41) is 3.29. The van der Waals surface area contributed by atoms with Gasteiger partial charge in [0.25, 0.3) is 0 Å². The van der Waals surface area contributed by atoms with Gasteiger partial charge in [-0.25, -0.2) is 17.7 Å². The van der Waals surface area contributed by atoms with Gasteiger partial charge in [-0.1, -0.05) is 13.8 Å². The molecule has 5 nitrogen and oxygen atoms in total. The highest BCUT2D eigenvalue weighted by Crippen LogP contribution is 2.15. The molecule has 0 saturated carbocycles. The van der Waals surface area contributed by atoms with E-state index in [9.17, 15) is 8.42 Å². The SMILES string of the molecule is CC(C)CCC(C)Nc1ccc(S(=O)(=O)N(C)C)cn1. The van der Waals surface area contributed by atoms with Crippen LogP contribution in [0.4, 0.5) is 5.82 Å². The molecular weight excluding hydrogens is 274 g/mol. The van der Waals surface area contributed by atoms with Crippen LogP contribution in [0.3, 0.4) is 0 Å². The molecular formula is C14H25N3O2S. The lowest BCUT2D eigenvalue weighted by Gasteiger charge is -2.16. The van der Waals surface area contributed by atoms with Crippen molar-refractivity contribution < 1.29 is 8.42 Å². The number of nitrogens with one attached hydrogen (secondary N) is 1. The van der Waals surface area contributed by atoms with Gasteiger partial charge < -0.3 is 5.32 Å². The molecule has 1 aromatic heterocycles. The molecule has 0 aliphatic heterocycles. The number of rotatable bonds is 7. The van der Waals surface area contributed by atoms with Crippen molar-refractivity contribution in [2.24, 2.45) is 5.92 Å². The average molecular weight is 299 g/mol. The van der Waals surface area contributed by atoms with E-state index in [4.69, 9.17) is 0 Å². The second-order valence-electron chi connectivity index (χ2n) is 5.68. The van der Waals surface area contributed by atoms with E-state index < -0.39 is 10.0 Å². The van der Waals surface area contributed by atoms with Gasteiger partial charge in [-0.2, -0.15) is 0 Å². The van der Waals surface area contributed by atoms with E-state index in [0.29, 0.717) is 17.8 Å². The Morgan fingerprint density at radius 1 is 1.20 bits per heavy atom. The van der Waals surface area contributed by atoms with Crippen LogP contribution in [0.15, 0.2) is 23.2 Å². The molecule has 0 saturated heterocycles. The zero-order valence-electron chi connectivity index (χ0n) is 12.9. The molecule has 6 heteroatoms. The van der Waals surface area contributed by atoms with Crippen molar-refractivity contribution in [2.45, 2.75) is 44.6 Å². The first-order valence-corrected chi connectivity index (χ1v) is 8.32. The summed E-state index contributed by atoms with van der Waals surface area (Å²) in [6.45, 7) is 6.51. The molecule has 0 aliphatic carbocycles. The monoisotopic (exact) mass is 299 g/mol. The molecule has 1 unspecified atom stereocenters. The number of sulfonamides is 1. The number of pyridine rings is 1. The molecule has 0 bridgehead atoms. The number of nitrogens with zero attached hydrogens (tertiary/aromatic N) is 2. The predicted molar refractivity (Wildman–Crippen MR) is 82.3 cm³/mol. The molecule has 0 aliphatic rings. The summed E-state index contributed by atoms with van der Waals surface area (Å²) in [7, 11) is -0.382. The molecule has 1 N–H and O–H groups in total. The maximum absolute atomic E-state index is 11.9. The molecule has 114 valence electrons. The highest BCUT2D eigenvalue weighted by atomic mass is 32.2. The third kappa shape index (κ3) is 4.76. The predicted octanol–water partition coefficient (Wildman–Crippen LogP) is 2.57. The highest BCUT2D eigenvalue weighted by Gasteiger charge is 2.17. The Morgan fingerprint density at radius 2 is 1.85 bits per heavy atom. The fourth-order valence-corrected chi connectivity index (χ4v) is 2.58. The second kappa shape index (κ2) is 7.04. The first-order chi connectivity index (χ1) is 9.23. The normalized spacial score (nSPS) is 13.8. The lowest BCUT2D eigenvalue weighted by Crippen LogP contribution is -2.22. The van der Waals surface area contributed by atoms with Gasteiger partial charge in [0, 0.05) is 26.3 Å². The van der Waals surface area contributed by atoms with Gasteiger partial charge in [-0.15, -0.1) is 0 Å². The Bertz CT molecular complexity index is 510. The van der Waals surface area contributed by atoms with Crippen molar-refractivity contribution >= 4 is 15.8 Å². The van der Waals surface area contributed by atoms with E-state index in [1.807, 2.05) is 0 Å². The summed E-state index contributed by atoms with van der Waals surface area (Å²) in [6, 6.07) is 3.61. The van der Waals surface area contributed by atoms with Gasteiger partial charge in [0.15, 0.2) is 0 Å². The van der Waals surface area contributed by atoms with Gasteiger partial charge in [-0.05, 0) is 37.8 Å². The van der Waals surface area contributed by atoms with Crippen LogP contribution in [-0.2, 0) is 10.0 Å². The maximum Gasteiger partial charge on any atom is 0.244 e. The summed E-state index contributed by atoms with van der Waals surface area (Å²) >= 11 is 0. The topological polar surface area (TPSA) is 62.3 Å². The smallest absolute Gasteiger partial charge is 0.244 e. The first-order valence-electron chi connectivity index (χ1n) is 6.88. The molecule has 0 amide bonds. The summed E-state index contributed by atoms with van der Waals surface area (Å²) in [6.07, 6.45) is 3.62. The summed E-state index contributed by atoms with van der Waals surface area (Å²) in [5.41, 5.74) is 0. The Labute approximate surface area is 122 Å². The molecule has 1 aromatic rings. The van der Waals surface area contributed by atoms with Crippen LogP contribution in [0.2, 0.25) is 0 Å². The van der Waals surface area contributed by atoms with Crippen LogP contribution in [0.1, 0.15) is 33.6 Å². The molecule has 20 heavy (non-hydrogen) atoms. The minimum Gasteiger partial charge on any atom is -0.368 e. The summed E-state index contributed by atoms with van der Waals surface area (Å²) in [4.78, 5) is 4.39. The third-order valence-corrected chi connectivity index (χ3v) is 4.88. The Balaban J connectivity index is 2.68. The van der Waals surface area contributed by atoms with Gasteiger partial charge in [0.1, 0.15) is 10.7 Å². The van der Waals surface area contributed by atoms with E-state index >= 15 is 0 Å². The van der Waals surface area contributed by atoms with Crippen LogP contribution in [0.5, 0.6) is 0 Å². The molecule has 0 aromatic carbocycles. The molecule has 0 fully saturated rings. The van der Waals surface area contributed by atoms with Crippen LogP contribution < -0.4 is 5.32 Å². The Kier molecular flexibility index (Phi) is 5.95. The van der Waals surface area contributed by atoms with Crippen molar-refractivity contribution in [3.05, 3.63) is 18.3 Å². The lowest BCUT2D eigenvalue weighted by molar-refractivity contribution is 0.520. The zero-order chi connectivity index (χ0) is 15.3. The van der Waals surface area contributed by atoms with Crippen LogP contribution in [-0.4, -0.2) is 37.8 Å². The van der Waals surface area contributed by atoms with Gasteiger partial charge in [0.2, 0.25) is 10.0 Å². The van der Waals surface area contributed by atoms with Crippen LogP contribution in [0, 0.1) is 5.92 Å². The summed E-state index contributed by atoms with van der Waals surface area (Å²) < 4.78 is 25.0. The van der Waals surface area contributed by atoms with Crippen LogP contribution >= 0.6 is 0 Å². The van der Waals surface area contributed by atoms with E-state index in [1.165, 1.54) is 24.6 Å². The Morgan fingerprint density at radius 3 is 2.30 bits per heavy atom. The first kappa shape index (κ1) is 16.9. The van der Waals surface area contributed by atoms with E-state index in [2.05, 4.69) is 31.1 Å². The molecule has 1 rings (SSSR count). The van der Waals surface area contributed by atoms with E-state index in [-0.39, 0.29) is 4.90 Å². The maximum atomic E-state index is 11.9. The van der Waals surface area contributed by atoms with Gasteiger partial charge >= 0.3 is 0 Å². The van der Waals surface area contributed by atoms with Gasteiger partial charge in [-0.3, -0.25) is 0 Å². The van der Waals surface area contributed by atoms with Crippen molar-refractivity contribution in [1.82, 2.24) is 9.29 Å². The van der Waals surface area contributed by atoms with Crippen molar-refractivity contribution in [1.29, 1.82) is 0 Å². The molecule has 1 heterocycles. The quantitative estimate of drug-likeness (QED) is 0.840.